The molecule has 0 bridgehead atoms. The summed E-state index contributed by atoms with van der Waals surface area (Å²) in [6, 6.07) is 7.57. The third kappa shape index (κ3) is 2.66. The lowest BCUT2D eigenvalue weighted by Crippen LogP contribution is -2.27. The second-order valence-electron chi connectivity index (χ2n) is 4.94. The fourth-order valence-corrected chi connectivity index (χ4v) is 2.27. The van der Waals surface area contributed by atoms with Crippen molar-refractivity contribution in [2.75, 3.05) is 0 Å². The molecule has 96 valence electrons. The largest absolute Gasteiger partial charge is 0.416 e. The number of benzene rings is 1. The van der Waals surface area contributed by atoms with Gasteiger partial charge in [0.25, 0.3) is 0 Å². The maximum absolute atomic E-state index is 12.4. The molecule has 2 rings (SSSR count). The minimum absolute atomic E-state index is 0.220. The number of halogens is 3. The number of nitrogens with zero attached hydrogens (tertiary/aromatic N) is 1. The summed E-state index contributed by atoms with van der Waals surface area (Å²) in [6.45, 7) is 0. The van der Waals surface area contributed by atoms with E-state index in [4.69, 9.17) is 5.26 Å². The number of aryl methyl sites for hydroxylation is 1. The van der Waals surface area contributed by atoms with Crippen LogP contribution in [0.2, 0.25) is 0 Å². The Labute approximate surface area is 104 Å². The van der Waals surface area contributed by atoms with Crippen LogP contribution in [0.25, 0.3) is 0 Å². The Morgan fingerprint density at radius 1 is 1.17 bits per heavy atom. The lowest BCUT2D eigenvalue weighted by Gasteiger charge is -2.35. The van der Waals surface area contributed by atoms with Crippen LogP contribution in [-0.4, -0.2) is 0 Å². The molecular formula is C14H14F3N. The van der Waals surface area contributed by atoms with E-state index in [9.17, 15) is 13.2 Å². The fourth-order valence-electron chi connectivity index (χ4n) is 2.27. The topological polar surface area (TPSA) is 23.8 Å². The van der Waals surface area contributed by atoms with E-state index in [1.165, 1.54) is 12.1 Å². The summed E-state index contributed by atoms with van der Waals surface area (Å²) < 4.78 is 37.1. The second kappa shape index (κ2) is 4.64. The van der Waals surface area contributed by atoms with Gasteiger partial charge in [0.15, 0.2) is 0 Å². The smallest absolute Gasteiger partial charge is 0.198 e. The van der Waals surface area contributed by atoms with Gasteiger partial charge in [-0.1, -0.05) is 18.6 Å². The Kier molecular flexibility index (Phi) is 3.34. The van der Waals surface area contributed by atoms with Crippen LogP contribution >= 0.6 is 0 Å². The summed E-state index contributed by atoms with van der Waals surface area (Å²) in [4.78, 5) is 0. The van der Waals surface area contributed by atoms with E-state index in [-0.39, 0.29) is 5.41 Å². The van der Waals surface area contributed by atoms with Crippen molar-refractivity contribution in [1.82, 2.24) is 0 Å². The Balaban J connectivity index is 1.97. The molecule has 1 nitrogen and oxygen atoms in total. The average Bonchev–Trinajstić information content (AvgIpc) is 2.28. The average molecular weight is 253 g/mol. The van der Waals surface area contributed by atoms with Crippen molar-refractivity contribution in [2.45, 2.75) is 38.3 Å². The van der Waals surface area contributed by atoms with Crippen LogP contribution in [0.5, 0.6) is 0 Å². The van der Waals surface area contributed by atoms with Gasteiger partial charge in [-0.15, -0.1) is 0 Å². The Hall–Kier alpha value is -1.50. The molecule has 0 atom stereocenters. The quantitative estimate of drug-likeness (QED) is 0.786. The molecule has 1 aromatic carbocycles. The molecular weight excluding hydrogens is 239 g/mol. The van der Waals surface area contributed by atoms with E-state index >= 15 is 0 Å². The normalized spacial score (nSPS) is 17.9. The molecule has 18 heavy (non-hydrogen) atoms. The summed E-state index contributed by atoms with van der Waals surface area (Å²) in [5.74, 6) is 0. The van der Waals surface area contributed by atoms with Gasteiger partial charge >= 0.3 is 6.18 Å². The molecule has 0 radical (unpaired) electrons. The molecule has 1 saturated carbocycles. The Bertz CT molecular complexity index is 449. The Morgan fingerprint density at radius 3 is 2.17 bits per heavy atom. The van der Waals surface area contributed by atoms with Crippen LogP contribution in [0.3, 0.4) is 0 Å². The van der Waals surface area contributed by atoms with Gasteiger partial charge in [-0.05, 0) is 43.4 Å². The zero-order valence-electron chi connectivity index (χ0n) is 9.93. The second-order valence-corrected chi connectivity index (χ2v) is 4.94. The van der Waals surface area contributed by atoms with Crippen LogP contribution in [-0.2, 0) is 12.6 Å². The highest BCUT2D eigenvalue weighted by atomic mass is 19.4. The molecule has 0 spiro atoms. The molecule has 0 amide bonds. The highest BCUT2D eigenvalue weighted by Crippen LogP contribution is 2.44. The third-order valence-electron chi connectivity index (χ3n) is 3.72. The van der Waals surface area contributed by atoms with Gasteiger partial charge < -0.3 is 0 Å². The number of hydrogen-bond acceptors (Lipinski definition) is 1. The minimum atomic E-state index is -4.28. The summed E-state index contributed by atoms with van der Waals surface area (Å²) in [7, 11) is 0. The predicted molar refractivity (Wildman–Crippen MR) is 61.7 cm³/mol. The van der Waals surface area contributed by atoms with E-state index in [1.54, 1.807) is 0 Å². The van der Waals surface area contributed by atoms with Gasteiger partial charge in [0.1, 0.15) is 0 Å². The lowest BCUT2D eigenvalue weighted by molar-refractivity contribution is -0.137. The maximum Gasteiger partial charge on any atom is 0.416 e. The van der Waals surface area contributed by atoms with Crippen molar-refractivity contribution in [3.05, 3.63) is 35.4 Å². The van der Waals surface area contributed by atoms with Gasteiger partial charge in [0, 0.05) is 0 Å². The summed E-state index contributed by atoms with van der Waals surface area (Å²) >= 11 is 0. The minimum Gasteiger partial charge on any atom is -0.198 e. The van der Waals surface area contributed by atoms with E-state index in [0.29, 0.717) is 6.42 Å². The van der Waals surface area contributed by atoms with Crippen LogP contribution in [0.1, 0.15) is 36.8 Å². The number of nitriles is 1. The maximum atomic E-state index is 12.4. The fraction of sp³-hybridized carbons (Fsp3) is 0.500. The van der Waals surface area contributed by atoms with Gasteiger partial charge in [0.2, 0.25) is 0 Å². The van der Waals surface area contributed by atoms with Crippen molar-refractivity contribution in [1.29, 1.82) is 5.26 Å². The van der Waals surface area contributed by atoms with Gasteiger partial charge in [-0.25, -0.2) is 0 Å². The summed E-state index contributed by atoms with van der Waals surface area (Å²) in [5, 5.41) is 9.07. The number of hydrogen-bond donors (Lipinski definition) is 0. The molecule has 0 N–H and O–H groups in total. The molecule has 0 aliphatic heterocycles. The van der Waals surface area contributed by atoms with Crippen LogP contribution in [0, 0.1) is 16.7 Å². The molecule has 1 aliphatic rings. The molecule has 1 fully saturated rings. The molecule has 1 aromatic rings. The van der Waals surface area contributed by atoms with Gasteiger partial charge in [-0.3, -0.25) is 0 Å². The van der Waals surface area contributed by atoms with Crippen LogP contribution in [0.4, 0.5) is 13.2 Å². The van der Waals surface area contributed by atoms with E-state index < -0.39 is 11.7 Å². The molecule has 1 aliphatic carbocycles. The zero-order valence-corrected chi connectivity index (χ0v) is 9.93. The zero-order chi connectivity index (χ0) is 13.2. The molecule has 0 unspecified atom stereocenters. The van der Waals surface area contributed by atoms with Crippen molar-refractivity contribution in [3.63, 3.8) is 0 Å². The number of alkyl halides is 3. The first-order chi connectivity index (χ1) is 8.45. The molecule has 4 heteroatoms. The monoisotopic (exact) mass is 253 g/mol. The third-order valence-corrected chi connectivity index (χ3v) is 3.72. The first-order valence-corrected chi connectivity index (χ1v) is 6.03. The van der Waals surface area contributed by atoms with Crippen molar-refractivity contribution >= 4 is 0 Å². The summed E-state index contributed by atoms with van der Waals surface area (Å²) in [6.07, 6.45) is 0.0653. The van der Waals surface area contributed by atoms with Gasteiger partial charge in [0.05, 0.1) is 17.0 Å². The van der Waals surface area contributed by atoms with E-state index in [2.05, 4.69) is 6.07 Å². The molecule has 0 heterocycles. The lowest BCUT2D eigenvalue weighted by atomic mass is 9.67. The molecule has 0 saturated heterocycles. The van der Waals surface area contributed by atoms with Crippen molar-refractivity contribution in [3.8, 4) is 6.07 Å². The van der Waals surface area contributed by atoms with Crippen LogP contribution in [0.15, 0.2) is 24.3 Å². The van der Waals surface area contributed by atoms with Gasteiger partial charge in [-0.2, -0.15) is 18.4 Å². The van der Waals surface area contributed by atoms with E-state index in [1.807, 2.05) is 0 Å². The molecule has 0 aromatic heterocycles. The Morgan fingerprint density at radius 2 is 1.78 bits per heavy atom. The summed E-state index contributed by atoms with van der Waals surface area (Å²) in [5.41, 5.74) is 0.0253. The first-order valence-electron chi connectivity index (χ1n) is 6.03. The van der Waals surface area contributed by atoms with Crippen molar-refractivity contribution in [2.24, 2.45) is 5.41 Å². The van der Waals surface area contributed by atoms with Crippen LogP contribution < -0.4 is 0 Å². The van der Waals surface area contributed by atoms with Crippen molar-refractivity contribution < 1.29 is 13.2 Å². The standard InChI is InChI=1S/C14H14F3N/c15-14(16,17)12-4-2-11(3-5-12)6-9-13(10-18)7-1-8-13/h2-5H,1,6-9H2. The highest BCUT2D eigenvalue weighted by molar-refractivity contribution is 5.25. The SMILES string of the molecule is N#CC1(CCc2ccc(C(F)(F)F)cc2)CCC1. The predicted octanol–water partition coefficient (Wildman–Crippen LogP) is 4.33. The first kappa shape index (κ1) is 12.9. The number of rotatable bonds is 3. The van der Waals surface area contributed by atoms with E-state index in [0.717, 1.165) is 43.4 Å². The highest BCUT2D eigenvalue weighted by Gasteiger charge is 2.36.